The molecule has 0 unspecified atom stereocenters. The number of allylic oxidation sites excluding steroid dienone is 2. The van der Waals surface area contributed by atoms with Crippen LogP contribution in [-0.2, 0) is 26.0 Å². The number of benzene rings is 1. The lowest BCUT2D eigenvalue weighted by molar-refractivity contribution is -0.151. The van der Waals surface area contributed by atoms with Crippen LogP contribution in [0.15, 0.2) is 47.4 Å². The summed E-state index contributed by atoms with van der Waals surface area (Å²) in [6.45, 7) is 5.84. The van der Waals surface area contributed by atoms with Crippen LogP contribution in [0.25, 0.3) is 0 Å². The van der Waals surface area contributed by atoms with Crippen LogP contribution >= 0.6 is 0 Å². The van der Waals surface area contributed by atoms with E-state index in [1.54, 1.807) is 24.3 Å². The molecule has 1 aliphatic heterocycles. The van der Waals surface area contributed by atoms with Gasteiger partial charge in [-0.2, -0.15) is 0 Å². The molecule has 0 saturated carbocycles. The Morgan fingerprint density at radius 3 is 2.47 bits per heavy atom. The fraction of sp³-hybridized carbons (Fsp3) is 0.481. The molecule has 0 saturated heterocycles. The fourth-order valence-corrected chi connectivity index (χ4v) is 7.25. The average molecular weight is 484 g/mol. The van der Waals surface area contributed by atoms with E-state index in [0.717, 1.165) is 31.2 Å². The first-order chi connectivity index (χ1) is 16.2. The summed E-state index contributed by atoms with van der Waals surface area (Å²) in [5.74, 6) is -1.61. The van der Waals surface area contributed by atoms with Crippen molar-refractivity contribution in [3.8, 4) is 0 Å². The topological polar surface area (TPSA) is 82.4 Å². The van der Waals surface area contributed by atoms with Gasteiger partial charge in [0.2, 0.25) is 0 Å². The molecule has 0 spiro atoms. The Kier molecular flexibility index (Phi) is 6.60. The summed E-state index contributed by atoms with van der Waals surface area (Å²) < 4.78 is 34.3. The van der Waals surface area contributed by atoms with Gasteiger partial charge < -0.3 is 4.74 Å². The monoisotopic (exact) mass is 483 g/mol. The second-order valence-electron chi connectivity index (χ2n) is 9.81. The summed E-state index contributed by atoms with van der Waals surface area (Å²) in [5.41, 5.74) is 0.843. The Hall–Kier alpha value is -2.67. The number of methoxy groups -OCH3 is 1. The van der Waals surface area contributed by atoms with Crippen molar-refractivity contribution >= 4 is 21.8 Å². The van der Waals surface area contributed by atoms with Crippen molar-refractivity contribution in [3.05, 3.63) is 65.0 Å². The maximum absolute atomic E-state index is 14.2. The van der Waals surface area contributed by atoms with Gasteiger partial charge in [0.1, 0.15) is 11.1 Å². The quantitative estimate of drug-likeness (QED) is 0.339. The fourth-order valence-electron chi connectivity index (χ4n) is 5.67. The van der Waals surface area contributed by atoms with Gasteiger partial charge >= 0.3 is 5.97 Å². The molecular weight excluding hydrogens is 450 g/mol. The normalized spacial score (nSPS) is 23.9. The number of ketones is 1. The van der Waals surface area contributed by atoms with Gasteiger partial charge in [-0.3, -0.25) is 9.59 Å². The highest BCUT2D eigenvalue weighted by molar-refractivity contribution is 7.90. The van der Waals surface area contributed by atoms with E-state index in [9.17, 15) is 18.0 Å². The smallest absolute Gasteiger partial charge is 0.320 e. The Balaban J connectivity index is 2.03. The van der Waals surface area contributed by atoms with Crippen LogP contribution in [0.5, 0.6) is 0 Å². The van der Waals surface area contributed by atoms with Gasteiger partial charge in [0, 0.05) is 11.6 Å². The van der Waals surface area contributed by atoms with Crippen molar-refractivity contribution in [3.63, 3.8) is 0 Å². The second-order valence-corrected chi connectivity index (χ2v) is 11.6. The van der Waals surface area contributed by atoms with E-state index >= 15 is 0 Å². The van der Waals surface area contributed by atoms with Crippen molar-refractivity contribution in [1.29, 1.82) is 0 Å². The van der Waals surface area contributed by atoms with Crippen LogP contribution in [0.2, 0.25) is 0 Å². The molecule has 2 atom stereocenters. The number of carbonyl (C=O) groups is 2. The first kappa shape index (κ1) is 24.5. The van der Waals surface area contributed by atoms with Gasteiger partial charge in [0.15, 0.2) is 5.78 Å². The van der Waals surface area contributed by atoms with E-state index in [4.69, 9.17) is 4.74 Å². The number of esters is 1. The number of hydrogen-bond acceptors (Lipinski definition) is 5. The van der Waals surface area contributed by atoms with E-state index in [0.29, 0.717) is 17.7 Å². The molecule has 6 nitrogen and oxygen atoms in total. The van der Waals surface area contributed by atoms with Gasteiger partial charge in [-0.1, -0.05) is 50.1 Å². The molecule has 0 fully saturated rings. The number of hydrogen-bond donors (Lipinski definition) is 0. The van der Waals surface area contributed by atoms with E-state index in [2.05, 4.69) is 0 Å². The molecule has 7 heteroatoms. The number of aromatic nitrogens is 1. The van der Waals surface area contributed by atoms with Crippen LogP contribution in [-0.4, -0.2) is 31.3 Å². The molecule has 0 N–H and O–H groups in total. The van der Waals surface area contributed by atoms with E-state index in [1.807, 2.05) is 39.0 Å². The summed E-state index contributed by atoms with van der Waals surface area (Å²) in [4.78, 5) is 27.6. The lowest BCUT2D eigenvalue weighted by Crippen LogP contribution is -2.43. The van der Waals surface area contributed by atoms with Crippen molar-refractivity contribution < 1.29 is 22.7 Å². The van der Waals surface area contributed by atoms with Gasteiger partial charge in [0.05, 0.1) is 12.0 Å². The van der Waals surface area contributed by atoms with Crippen LogP contribution in [0.3, 0.4) is 0 Å². The maximum Gasteiger partial charge on any atom is 0.320 e. The van der Waals surface area contributed by atoms with Crippen molar-refractivity contribution in [2.24, 2.45) is 11.3 Å². The number of carbonyl (C=O) groups excluding carboxylic acids is 2. The van der Waals surface area contributed by atoms with Crippen LogP contribution in [0.4, 0.5) is 0 Å². The Labute approximate surface area is 202 Å². The summed E-state index contributed by atoms with van der Waals surface area (Å²) in [6, 6.07) is 8.51. The molecular formula is C27H33NO5S. The lowest BCUT2D eigenvalue weighted by atomic mass is 9.68. The lowest BCUT2D eigenvalue weighted by Gasteiger charge is -2.33. The number of rotatable bonds is 4. The van der Waals surface area contributed by atoms with Gasteiger partial charge in [-0.15, -0.1) is 0 Å². The zero-order valence-corrected chi connectivity index (χ0v) is 21.2. The SMILES string of the molecule is COC(=O)[C@]12C/C=C\CCCCCc3cc(c(n3S(=O)(=O)c3ccc(C)cc3)C1=O)[C@@H]2C(C)C. The van der Waals surface area contributed by atoms with Crippen molar-refractivity contribution in [2.75, 3.05) is 7.11 Å². The molecule has 5 rings (SSSR count). The summed E-state index contributed by atoms with van der Waals surface area (Å²) in [6.07, 6.45) is 8.26. The molecule has 2 aromatic rings. The highest BCUT2D eigenvalue weighted by Gasteiger charge is 2.61. The molecule has 34 heavy (non-hydrogen) atoms. The van der Waals surface area contributed by atoms with E-state index in [-0.39, 0.29) is 22.9 Å². The van der Waals surface area contributed by atoms with Gasteiger partial charge in [0.25, 0.3) is 10.0 Å². The molecule has 0 amide bonds. The highest BCUT2D eigenvalue weighted by Crippen LogP contribution is 2.55. The first-order valence-electron chi connectivity index (χ1n) is 12.0. The molecule has 2 heterocycles. The number of ether oxygens (including phenoxy) is 1. The minimum Gasteiger partial charge on any atom is -0.468 e. The Morgan fingerprint density at radius 2 is 1.82 bits per heavy atom. The maximum atomic E-state index is 14.2. The summed E-state index contributed by atoms with van der Waals surface area (Å²) in [7, 11) is -2.75. The zero-order valence-electron chi connectivity index (χ0n) is 20.3. The van der Waals surface area contributed by atoms with Crippen molar-refractivity contribution in [2.45, 2.75) is 70.1 Å². The third-order valence-electron chi connectivity index (χ3n) is 7.23. The van der Waals surface area contributed by atoms with Crippen LogP contribution in [0, 0.1) is 18.3 Å². The Bertz CT molecular complexity index is 1240. The summed E-state index contributed by atoms with van der Waals surface area (Å²) in [5, 5.41) is 0. The van der Waals surface area contributed by atoms with E-state index in [1.165, 1.54) is 11.1 Å². The third kappa shape index (κ3) is 3.74. The number of fused-ring (bicyclic) bond motifs is 6. The van der Waals surface area contributed by atoms with Gasteiger partial charge in [-0.05, 0) is 68.7 Å². The molecule has 1 aromatic heterocycles. The number of nitrogens with zero attached hydrogens (tertiary/aromatic N) is 1. The first-order valence-corrected chi connectivity index (χ1v) is 13.4. The molecule has 0 radical (unpaired) electrons. The summed E-state index contributed by atoms with van der Waals surface area (Å²) >= 11 is 0. The predicted molar refractivity (Wildman–Crippen MR) is 130 cm³/mol. The van der Waals surface area contributed by atoms with Crippen LogP contribution < -0.4 is 0 Å². The average Bonchev–Trinajstić information content (AvgIpc) is 3.28. The molecule has 1 aromatic carbocycles. The van der Waals surface area contributed by atoms with Gasteiger partial charge in [-0.25, -0.2) is 12.4 Å². The number of aryl methyl sites for hydroxylation is 2. The standard InChI is InChI=1S/C27H33NO5S/c1-18(2)23-22-17-20-11-9-7-5-6-8-10-16-27(23,26(30)33-4)25(29)24(22)28(20)34(31,32)21-14-12-19(3)13-15-21/h8,10,12-15,17-18,23H,5-7,9,11,16H2,1-4H3/b10-8-/t23-,27-/m0/s1. The molecule has 182 valence electrons. The van der Waals surface area contributed by atoms with E-state index < -0.39 is 33.1 Å². The third-order valence-corrected chi connectivity index (χ3v) is 9.00. The second kappa shape index (κ2) is 9.17. The van der Waals surface area contributed by atoms with Crippen molar-refractivity contribution in [1.82, 2.24) is 3.97 Å². The minimum absolute atomic E-state index is 0.0754. The molecule has 4 bridgehead atoms. The predicted octanol–water partition coefficient (Wildman–Crippen LogP) is 5.19. The largest absolute Gasteiger partial charge is 0.468 e. The minimum atomic E-state index is -4.04. The van der Waals surface area contributed by atoms with Crippen LogP contribution in [0.1, 0.15) is 79.2 Å². The zero-order chi connectivity index (χ0) is 24.7. The molecule has 3 aliphatic rings. The Morgan fingerprint density at radius 1 is 1.12 bits per heavy atom. The highest BCUT2D eigenvalue weighted by atomic mass is 32.2. The number of Topliss-reactive ketones (excluding diaryl/α,β-unsaturated/α-hetero) is 1. The molecule has 2 aliphatic carbocycles.